The molecule has 1 N–H and O–H groups in total. The van der Waals surface area contributed by atoms with Crippen LogP contribution >= 0.6 is 0 Å². The third-order valence-electron chi connectivity index (χ3n) is 7.38. The van der Waals surface area contributed by atoms with Crippen molar-refractivity contribution in [2.45, 2.75) is 44.3 Å². The summed E-state index contributed by atoms with van der Waals surface area (Å²) in [6, 6.07) is 7.84. The van der Waals surface area contributed by atoms with E-state index in [0.29, 0.717) is 49.3 Å². The van der Waals surface area contributed by atoms with Gasteiger partial charge in [0.25, 0.3) is 5.91 Å². The molecule has 0 unspecified atom stereocenters. The first-order valence-corrected chi connectivity index (χ1v) is 11.8. The van der Waals surface area contributed by atoms with Gasteiger partial charge in [-0.1, -0.05) is 18.2 Å². The van der Waals surface area contributed by atoms with Gasteiger partial charge in [0.2, 0.25) is 11.7 Å². The predicted octanol–water partition coefficient (Wildman–Crippen LogP) is 2.33. The number of halogens is 1. The minimum absolute atomic E-state index is 0.0195. The van der Waals surface area contributed by atoms with Gasteiger partial charge in [-0.15, -0.1) is 0 Å². The maximum Gasteiger partial charge on any atom is 0.290 e. The molecule has 3 aliphatic heterocycles. The molecule has 3 aliphatic rings. The van der Waals surface area contributed by atoms with Crippen LogP contribution in [0.15, 0.2) is 30.6 Å². The fourth-order valence-corrected chi connectivity index (χ4v) is 5.65. The molecule has 0 saturated carbocycles. The molecule has 0 aliphatic carbocycles. The Balaban J connectivity index is 1.50. The van der Waals surface area contributed by atoms with Crippen LogP contribution in [0.4, 0.5) is 15.9 Å². The van der Waals surface area contributed by atoms with E-state index >= 15 is 0 Å². The molecule has 1 atom stereocenters. The van der Waals surface area contributed by atoms with E-state index in [1.165, 1.54) is 11.2 Å². The number of piperidine rings is 1. The van der Waals surface area contributed by atoms with E-state index in [9.17, 15) is 14.0 Å². The maximum absolute atomic E-state index is 14.0. The Bertz CT molecular complexity index is 1300. The minimum atomic E-state index is -1.02. The second kappa shape index (κ2) is 7.83. The molecule has 0 radical (unpaired) electrons. The first kappa shape index (κ1) is 21.2. The molecule has 1 spiro atoms. The normalized spacial score (nSPS) is 21.6. The van der Waals surface area contributed by atoms with Crippen LogP contribution in [0.1, 0.15) is 42.4 Å². The number of carbonyl (C=O) groups excluding carboxylic acids is 2. The molecule has 5 heterocycles. The van der Waals surface area contributed by atoms with Crippen LogP contribution in [0, 0.1) is 0 Å². The first-order chi connectivity index (χ1) is 16.5. The van der Waals surface area contributed by atoms with Crippen LogP contribution in [-0.4, -0.2) is 68.6 Å². The van der Waals surface area contributed by atoms with E-state index < -0.39 is 11.6 Å². The molecule has 176 valence electrons. The monoisotopic (exact) mass is 463 g/mol. The third kappa shape index (κ3) is 2.91. The summed E-state index contributed by atoms with van der Waals surface area (Å²) in [6.07, 6.45) is 2.15. The Morgan fingerprint density at radius 3 is 2.76 bits per heavy atom. The summed E-state index contributed by atoms with van der Waals surface area (Å²) in [4.78, 5) is 43.9. The number of aryl methyl sites for hydroxylation is 1. The van der Waals surface area contributed by atoms with Crippen molar-refractivity contribution >= 4 is 34.5 Å². The van der Waals surface area contributed by atoms with E-state index in [1.807, 2.05) is 31.2 Å². The second-order valence-electron chi connectivity index (χ2n) is 9.18. The molecule has 2 aromatic heterocycles. The highest BCUT2D eigenvalue weighted by atomic mass is 19.1. The van der Waals surface area contributed by atoms with Gasteiger partial charge in [-0.2, -0.15) is 0 Å². The van der Waals surface area contributed by atoms with Crippen molar-refractivity contribution in [3.63, 3.8) is 0 Å². The molecule has 6 rings (SSSR count). The number of benzene rings is 1. The summed E-state index contributed by atoms with van der Waals surface area (Å²) >= 11 is 0. The van der Waals surface area contributed by atoms with Gasteiger partial charge in [0.05, 0.1) is 17.6 Å². The molecule has 0 bridgehead atoms. The van der Waals surface area contributed by atoms with Crippen LogP contribution in [0.5, 0.6) is 0 Å². The number of aromatic nitrogens is 4. The van der Waals surface area contributed by atoms with Crippen molar-refractivity contribution in [3.8, 4) is 0 Å². The Kier molecular flexibility index (Phi) is 4.87. The standard InChI is InChI=1S/C24H26FN7O2/c1-2-31-19-18(29-21(31)22(33)30-12-7-15(25)13-30)20(28-14-27-19)32-17-6-4-3-5-16(17)24(23(32)34)8-10-26-11-9-24/h3-6,14-15,26H,2,7-13H2,1H3/t15-/m1/s1. The zero-order valence-corrected chi connectivity index (χ0v) is 19.0. The number of carbonyl (C=O) groups is 2. The molecule has 2 saturated heterocycles. The number of fused-ring (bicyclic) bond motifs is 3. The number of nitrogens with zero attached hydrogens (tertiary/aromatic N) is 6. The van der Waals surface area contributed by atoms with Crippen LogP contribution in [0.25, 0.3) is 11.2 Å². The number of likely N-dealkylation sites (tertiary alicyclic amines) is 1. The summed E-state index contributed by atoms with van der Waals surface area (Å²) in [5.74, 6) is 0.233. The fraction of sp³-hybridized carbons (Fsp3) is 0.458. The second-order valence-corrected chi connectivity index (χ2v) is 9.18. The van der Waals surface area contributed by atoms with Crippen molar-refractivity contribution in [1.82, 2.24) is 29.7 Å². The van der Waals surface area contributed by atoms with Crippen LogP contribution in [0.2, 0.25) is 0 Å². The number of imidazole rings is 1. The average molecular weight is 464 g/mol. The smallest absolute Gasteiger partial charge is 0.290 e. The van der Waals surface area contributed by atoms with Gasteiger partial charge < -0.3 is 14.8 Å². The van der Waals surface area contributed by atoms with Gasteiger partial charge >= 0.3 is 0 Å². The lowest BCUT2D eigenvalue weighted by atomic mass is 9.74. The number of hydrogen-bond acceptors (Lipinski definition) is 6. The predicted molar refractivity (Wildman–Crippen MR) is 124 cm³/mol. The number of nitrogens with one attached hydrogen (secondary N) is 1. The quantitative estimate of drug-likeness (QED) is 0.641. The Morgan fingerprint density at radius 1 is 1.24 bits per heavy atom. The molecule has 2 fully saturated rings. The number of hydrogen-bond donors (Lipinski definition) is 1. The summed E-state index contributed by atoms with van der Waals surface area (Å²) in [7, 11) is 0. The molecule has 2 amide bonds. The van der Waals surface area contributed by atoms with Gasteiger partial charge in [0.15, 0.2) is 17.0 Å². The SMILES string of the molecule is CCn1c(C(=O)N2CC[C@@H](F)C2)nc2c(N3C(=O)C4(CCNCC4)c4ccccc43)ncnc21. The summed E-state index contributed by atoms with van der Waals surface area (Å²) in [5, 5.41) is 3.35. The average Bonchev–Trinajstić information content (AvgIpc) is 3.53. The molecule has 34 heavy (non-hydrogen) atoms. The molecule has 1 aromatic carbocycles. The van der Waals surface area contributed by atoms with E-state index in [4.69, 9.17) is 0 Å². The van der Waals surface area contributed by atoms with E-state index in [1.54, 1.807) is 9.47 Å². The number of amides is 2. The molecule has 9 nitrogen and oxygen atoms in total. The van der Waals surface area contributed by atoms with E-state index in [2.05, 4.69) is 20.3 Å². The highest BCUT2D eigenvalue weighted by Crippen LogP contribution is 2.50. The molecule has 3 aromatic rings. The number of para-hydroxylation sites is 1. The summed E-state index contributed by atoms with van der Waals surface area (Å²) < 4.78 is 15.5. The number of alkyl halides is 1. The van der Waals surface area contributed by atoms with Crippen molar-refractivity contribution in [2.24, 2.45) is 0 Å². The number of anilines is 2. The third-order valence-corrected chi connectivity index (χ3v) is 7.38. The highest BCUT2D eigenvalue weighted by Gasteiger charge is 2.52. The lowest BCUT2D eigenvalue weighted by Gasteiger charge is -2.32. The Labute approximate surface area is 196 Å². The van der Waals surface area contributed by atoms with Gasteiger partial charge in [-0.05, 0) is 50.9 Å². The van der Waals surface area contributed by atoms with Crippen molar-refractivity contribution in [2.75, 3.05) is 31.1 Å². The van der Waals surface area contributed by atoms with Gasteiger partial charge in [-0.3, -0.25) is 14.5 Å². The van der Waals surface area contributed by atoms with Gasteiger partial charge in [0, 0.05) is 13.1 Å². The lowest BCUT2D eigenvalue weighted by Crippen LogP contribution is -2.46. The minimum Gasteiger partial charge on any atom is -0.333 e. The molecule has 10 heteroatoms. The number of rotatable bonds is 3. The largest absolute Gasteiger partial charge is 0.333 e. The van der Waals surface area contributed by atoms with Crippen molar-refractivity contribution in [1.29, 1.82) is 0 Å². The lowest BCUT2D eigenvalue weighted by molar-refractivity contribution is -0.123. The Morgan fingerprint density at radius 2 is 2.03 bits per heavy atom. The van der Waals surface area contributed by atoms with E-state index in [-0.39, 0.29) is 24.2 Å². The van der Waals surface area contributed by atoms with Crippen LogP contribution < -0.4 is 10.2 Å². The van der Waals surface area contributed by atoms with Gasteiger partial charge in [0.1, 0.15) is 12.5 Å². The first-order valence-electron chi connectivity index (χ1n) is 11.8. The Hall–Kier alpha value is -3.40. The fourth-order valence-electron chi connectivity index (χ4n) is 5.65. The van der Waals surface area contributed by atoms with Gasteiger partial charge in [-0.25, -0.2) is 19.3 Å². The zero-order chi connectivity index (χ0) is 23.4. The summed E-state index contributed by atoms with van der Waals surface area (Å²) in [5.41, 5.74) is 2.09. The van der Waals surface area contributed by atoms with Crippen LogP contribution in [-0.2, 0) is 16.8 Å². The molecular weight excluding hydrogens is 437 g/mol. The topological polar surface area (TPSA) is 96.2 Å². The zero-order valence-electron chi connectivity index (χ0n) is 19.0. The van der Waals surface area contributed by atoms with E-state index in [0.717, 1.165) is 24.3 Å². The molecular formula is C24H26FN7O2. The van der Waals surface area contributed by atoms with Crippen LogP contribution in [0.3, 0.4) is 0 Å². The summed E-state index contributed by atoms with van der Waals surface area (Å²) in [6.45, 7) is 4.32. The van der Waals surface area contributed by atoms with Crippen molar-refractivity contribution in [3.05, 3.63) is 42.0 Å². The highest BCUT2D eigenvalue weighted by molar-refractivity contribution is 6.15. The van der Waals surface area contributed by atoms with Crippen molar-refractivity contribution < 1.29 is 14.0 Å². The maximum atomic E-state index is 14.0.